The number of hydrogen-bond donors (Lipinski definition) is 1. The summed E-state index contributed by atoms with van der Waals surface area (Å²) in [6, 6.07) is 11.5. The van der Waals surface area contributed by atoms with Crippen molar-refractivity contribution in [2.45, 2.75) is 44.8 Å². The minimum absolute atomic E-state index is 0.00764. The Morgan fingerprint density at radius 3 is 2.56 bits per heavy atom. The highest BCUT2D eigenvalue weighted by atomic mass is 16.3. The minimum Gasteiger partial charge on any atom is -0.391 e. The topological polar surface area (TPSA) is 91.6 Å². The highest BCUT2D eigenvalue weighted by Gasteiger charge is 2.29. The quantitative estimate of drug-likeness (QED) is 0.448. The largest absolute Gasteiger partial charge is 0.391 e. The second-order valence-corrected chi connectivity index (χ2v) is 9.90. The fourth-order valence-electron chi connectivity index (χ4n) is 5.71. The van der Waals surface area contributed by atoms with Gasteiger partial charge in [0.25, 0.3) is 5.56 Å². The van der Waals surface area contributed by atoms with Gasteiger partial charge in [0.15, 0.2) is 0 Å². The van der Waals surface area contributed by atoms with Crippen LogP contribution < -0.4 is 15.4 Å². The van der Waals surface area contributed by atoms with Crippen molar-refractivity contribution in [3.8, 4) is 0 Å². The third-order valence-electron chi connectivity index (χ3n) is 7.56. The second kappa shape index (κ2) is 9.02. The summed E-state index contributed by atoms with van der Waals surface area (Å²) in [7, 11) is 0. The van der Waals surface area contributed by atoms with Crippen molar-refractivity contribution < 1.29 is 9.90 Å². The van der Waals surface area contributed by atoms with Crippen molar-refractivity contribution in [1.82, 2.24) is 14.5 Å². The summed E-state index contributed by atoms with van der Waals surface area (Å²) in [5.41, 5.74) is 3.18. The Morgan fingerprint density at radius 1 is 0.972 bits per heavy atom. The molecule has 1 N–H and O–H groups in total. The molecule has 0 bridgehead atoms. The number of carbonyl (C=O) groups excluding carboxylic acids is 1. The molecule has 1 aliphatic carbocycles. The number of fused-ring (bicyclic) bond motifs is 3. The van der Waals surface area contributed by atoms with E-state index in [0.29, 0.717) is 30.4 Å². The Hall–Kier alpha value is -3.78. The molecule has 1 saturated heterocycles. The van der Waals surface area contributed by atoms with Crippen LogP contribution in [0.2, 0.25) is 0 Å². The fourth-order valence-corrected chi connectivity index (χ4v) is 5.71. The van der Waals surface area contributed by atoms with E-state index in [0.717, 1.165) is 47.0 Å². The molecule has 8 nitrogen and oxygen atoms in total. The molecule has 8 heteroatoms. The molecule has 1 saturated carbocycles. The number of pyridine rings is 1. The van der Waals surface area contributed by atoms with E-state index in [-0.39, 0.29) is 24.1 Å². The summed E-state index contributed by atoms with van der Waals surface area (Å²) in [5.74, 6) is -0.00764. The zero-order chi connectivity index (χ0) is 24.8. The normalized spacial score (nSPS) is 20.9. The minimum atomic E-state index is -0.544. The number of carbonyl (C=O) groups is 1. The van der Waals surface area contributed by atoms with Crippen LogP contribution in [0.3, 0.4) is 0 Å². The molecule has 3 heterocycles. The van der Waals surface area contributed by atoms with Gasteiger partial charge >= 0.3 is 0 Å². The van der Waals surface area contributed by atoms with Crippen LogP contribution in [0.4, 0.5) is 11.4 Å². The molecule has 0 unspecified atom stereocenters. The van der Waals surface area contributed by atoms with Gasteiger partial charge in [-0.25, -0.2) is 4.98 Å². The number of nitrogens with zero attached hydrogens (tertiary/aromatic N) is 5. The molecule has 1 amide bonds. The van der Waals surface area contributed by atoms with E-state index in [1.165, 1.54) is 0 Å². The molecule has 36 heavy (non-hydrogen) atoms. The summed E-state index contributed by atoms with van der Waals surface area (Å²) in [6.07, 6.45) is 7.96. The molecule has 6 rings (SSSR count). The predicted octanol–water partition coefficient (Wildman–Crippen LogP) is 3.58. The maximum absolute atomic E-state index is 13.7. The SMILES string of the molecule is Cc1cncc(N2CCN(c3cc4c(=O)n([C@H]5CCCC[C@@H]5O)cnc4c4ccccc34)CC2=O)c1. The van der Waals surface area contributed by atoms with Gasteiger partial charge in [0, 0.05) is 35.7 Å². The van der Waals surface area contributed by atoms with Gasteiger partial charge in [-0.3, -0.25) is 19.1 Å². The number of aryl methyl sites for hydroxylation is 1. The van der Waals surface area contributed by atoms with Gasteiger partial charge in [0.1, 0.15) is 0 Å². The summed E-state index contributed by atoms with van der Waals surface area (Å²) in [5, 5.41) is 12.9. The number of aliphatic hydroxyl groups excluding tert-OH is 1. The highest BCUT2D eigenvalue weighted by molar-refractivity contribution is 6.12. The molecule has 0 radical (unpaired) electrons. The summed E-state index contributed by atoms with van der Waals surface area (Å²) in [4.78, 5) is 39.7. The second-order valence-electron chi connectivity index (χ2n) is 9.90. The zero-order valence-electron chi connectivity index (χ0n) is 20.3. The highest BCUT2D eigenvalue weighted by Crippen LogP contribution is 2.34. The Labute approximate surface area is 208 Å². The average molecular weight is 484 g/mol. The maximum atomic E-state index is 13.7. The predicted molar refractivity (Wildman–Crippen MR) is 141 cm³/mol. The van der Waals surface area contributed by atoms with Crippen LogP contribution in [0.1, 0.15) is 37.3 Å². The van der Waals surface area contributed by atoms with Crippen LogP contribution >= 0.6 is 0 Å². The number of aromatic nitrogens is 3. The van der Waals surface area contributed by atoms with Gasteiger partial charge in [0.05, 0.1) is 47.8 Å². The molecule has 2 atom stereocenters. The molecule has 2 fully saturated rings. The number of anilines is 2. The lowest BCUT2D eigenvalue weighted by Gasteiger charge is -2.36. The molecule has 4 aromatic rings. The standard InChI is InChI=1S/C28H29N5O3/c1-18-12-19(15-29-14-18)32-11-10-31(16-26(32)35)24-13-22-27(21-7-3-2-6-20(21)24)30-17-33(28(22)36)23-8-4-5-9-25(23)34/h2-3,6-7,12-15,17,23,25,34H,4-5,8-11,16H2,1H3/t23-,25-/m0/s1. The van der Waals surface area contributed by atoms with Crippen LogP contribution in [0.25, 0.3) is 21.7 Å². The Morgan fingerprint density at radius 2 is 1.78 bits per heavy atom. The lowest BCUT2D eigenvalue weighted by Crippen LogP contribution is -2.50. The number of rotatable bonds is 3. The van der Waals surface area contributed by atoms with E-state index < -0.39 is 6.10 Å². The van der Waals surface area contributed by atoms with E-state index in [1.807, 2.05) is 43.3 Å². The third kappa shape index (κ3) is 3.82. The number of amides is 1. The van der Waals surface area contributed by atoms with Crippen molar-refractivity contribution in [2.24, 2.45) is 0 Å². The zero-order valence-corrected chi connectivity index (χ0v) is 20.3. The van der Waals surface area contributed by atoms with Gasteiger partial charge in [-0.15, -0.1) is 0 Å². The summed E-state index contributed by atoms with van der Waals surface area (Å²) < 4.78 is 1.61. The Kier molecular flexibility index (Phi) is 5.68. The molecule has 2 aliphatic rings. The van der Waals surface area contributed by atoms with Crippen molar-refractivity contribution in [3.05, 3.63) is 71.0 Å². The van der Waals surface area contributed by atoms with Gasteiger partial charge in [0.2, 0.25) is 5.91 Å². The van der Waals surface area contributed by atoms with Crippen molar-refractivity contribution in [1.29, 1.82) is 0 Å². The van der Waals surface area contributed by atoms with E-state index in [9.17, 15) is 14.7 Å². The number of piperazine rings is 1. The van der Waals surface area contributed by atoms with Crippen LogP contribution in [-0.4, -0.2) is 51.3 Å². The first kappa shape index (κ1) is 22.7. The molecule has 1 aliphatic heterocycles. The van der Waals surface area contributed by atoms with Crippen molar-refractivity contribution >= 4 is 39.0 Å². The van der Waals surface area contributed by atoms with Gasteiger partial charge < -0.3 is 14.9 Å². The van der Waals surface area contributed by atoms with E-state index in [2.05, 4.69) is 9.88 Å². The lowest BCUT2D eigenvalue weighted by molar-refractivity contribution is -0.117. The number of benzene rings is 2. The third-order valence-corrected chi connectivity index (χ3v) is 7.56. The lowest BCUT2D eigenvalue weighted by atomic mass is 9.92. The fraction of sp³-hybridized carbons (Fsp3) is 0.357. The molecular formula is C28H29N5O3. The number of aliphatic hydroxyl groups is 1. The molecule has 184 valence electrons. The van der Waals surface area contributed by atoms with Crippen molar-refractivity contribution in [2.75, 3.05) is 29.4 Å². The molecule has 0 spiro atoms. The summed E-state index contributed by atoms with van der Waals surface area (Å²) >= 11 is 0. The van der Waals surface area contributed by atoms with E-state index >= 15 is 0 Å². The van der Waals surface area contributed by atoms with Crippen molar-refractivity contribution in [3.63, 3.8) is 0 Å². The van der Waals surface area contributed by atoms with Crippen LogP contribution in [0.5, 0.6) is 0 Å². The average Bonchev–Trinajstić information content (AvgIpc) is 2.89. The monoisotopic (exact) mass is 483 g/mol. The smallest absolute Gasteiger partial charge is 0.261 e. The first-order chi connectivity index (χ1) is 17.5. The molecule has 2 aromatic heterocycles. The first-order valence-corrected chi connectivity index (χ1v) is 12.6. The van der Waals surface area contributed by atoms with Crippen LogP contribution in [0, 0.1) is 6.92 Å². The van der Waals surface area contributed by atoms with Crippen LogP contribution in [0.15, 0.2) is 59.9 Å². The van der Waals surface area contributed by atoms with Gasteiger partial charge in [-0.05, 0) is 37.5 Å². The molecular weight excluding hydrogens is 454 g/mol. The van der Waals surface area contributed by atoms with Crippen LogP contribution in [-0.2, 0) is 4.79 Å². The van der Waals surface area contributed by atoms with E-state index in [1.54, 1.807) is 28.2 Å². The number of hydrogen-bond acceptors (Lipinski definition) is 6. The van der Waals surface area contributed by atoms with Gasteiger partial charge in [-0.2, -0.15) is 0 Å². The van der Waals surface area contributed by atoms with E-state index in [4.69, 9.17) is 4.98 Å². The maximum Gasteiger partial charge on any atom is 0.261 e. The first-order valence-electron chi connectivity index (χ1n) is 12.6. The Bertz CT molecular complexity index is 1530. The summed E-state index contributed by atoms with van der Waals surface area (Å²) in [6.45, 7) is 3.33. The molecule has 2 aromatic carbocycles. The van der Waals surface area contributed by atoms with Gasteiger partial charge in [-0.1, -0.05) is 37.1 Å². The Balaban J connectivity index is 1.42.